The van der Waals surface area contributed by atoms with Crippen molar-refractivity contribution in [3.05, 3.63) is 33.8 Å². The van der Waals surface area contributed by atoms with Crippen LogP contribution in [-0.2, 0) is 0 Å². The highest BCUT2D eigenvalue weighted by Gasteiger charge is 2.23. The van der Waals surface area contributed by atoms with Gasteiger partial charge in [0, 0.05) is 26.2 Å². The van der Waals surface area contributed by atoms with Crippen LogP contribution in [0.5, 0.6) is 0 Å². The van der Waals surface area contributed by atoms with Crippen molar-refractivity contribution in [3.63, 3.8) is 0 Å². The van der Waals surface area contributed by atoms with E-state index < -0.39 is 0 Å². The molecule has 0 aliphatic carbocycles. The highest BCUT2D eigenvalue weighted by Crippen LogP contribution is 2.26. The fourth-order valence-corrected chi connectivity index (χ4v) is 2.98. The summed E-state index contributed by atoms with van der Waals surface area (Å²) in [5, 5.41) is 0.787. The van der Waals surface area contributed by atoms with Crippen LogP contribution in [0.15, 0.2) is 18.2 Å². The number of hydrogen-bond acceptors (Lipinski definition) is 2. The molecule has 0 radical (unpaired) electrons. The molecular formula is C16H22Cl2N2O. The molecule has 1 aromatic rings. The molecule has 0 spiro atoms. The number of unbranched alkanes of at least 4 members (excludes halogenated alkanes) is 2. The molecule has 1 aliphatic heterocycles. The monoisotopic (exact) mass is 328 g/mol. The lowest BCUT2D eigenvalue weighted by molar-refractivity contribution is 0.0635. The Balaban J connectivity index is 1.90. The Morgan fingerprint density at radius 1 is 1.14 bits per heavy atom. The first-order valence-corrected chi connectivity index (χ1v) is 8.34. The first-order chi connectivity index (χ1) is 10.1. The van der Waals surface area contributed by atoms with Gasteiger partial charge in [0.05, 0.1) is 15.6 Å². The molecule has 1 heterocycles. The van der Waals surface area contributed by atoms with Gasteiger partial charge in [0.25, 0.3) is 5.91 Å². The van der Waals surface area contributed by atoms with Gasteiger partial charge in [-0.1, -0.05) is 49.0 Å². The van der Waals surface area contributed by atoms with Gasteiger partial charge in [0.1, 0.15) is 0 Å². The number of halogens is 2. The molecule has 1 amide bonds. The van der Waals surface area contributed by atoms with Gasteiger partial charge in [-0.05, 0) is 25.1 Å². The zero-order valence-electron chi connectivity index (χ0n) is 12.4. The van der Waals surface area contributed by atoms with Crippen LogP contribution < -0.4 is 0 Å². The molecule has 0 unspecified atom stereocenters. The molecule has 21 heavy (non-hydrogen) atoms. The lowest BCUT2D eigenvalue weighted by Crippen LogP contribution is -2.48. The zero-order chi connectivity index (χ0) is 15.2. The Morgan fingerprint density at radius 3 is 2.52 bits per heavy atom. The average Bonchev–Trinajstić information content (AvgIpc) is 2.50. The molecule has 1 aliphatic rings. The minimum atomic E-state index is -0.0179. The quantitative estimate of drug-likeness (QED) is 0.764. The molecule has 1 saturated heterocycles. The van der Waals surface area contributed by atoms with Crippen molar-refractivity contribution < 1.29 is 4.79 Å². The molecule has 2 rings (SSSR count). The molecular weight excluding hydrogens is 307 g/mol. The largest absolute Gasteiger partial charge is 0.336 e. The molecule has 0 atom stereocenters. The maximum Gasteiger partial charge on any atom is 0.255 e. The van der Waals surface area contributed by atoms with Gasteiger partial charge < -0.3 is 4.90 Å². The average molecular weight is 329 g/mol. The minimum Gasteiger partial charge on any atom is -0.336 e. The molecule has 1 aromatic carbocycles. The van der Waals surface area contributed by atoms with Gasteiger partial charge in [0.2, 0.25) is 0 Å². The van der Waals surface area contributed by atoms with E-state index >= 15 is 0 Å². The van der Waals surface area contributed by atoms with Crippen LogP contribution in [0.4, 0.5) is 0 Å². The Hall–Kier alpha value is -0.770. The number of nitrogens with zero attached hydrogens (tertiary/aromatic N) is 2. The van der Waals surface area contributed by atoms with E-state index in [4.69, 9.17) is 23.2 Å². The third-order valence-corrected chi connectivity index (χ3v) is 4.74. The van der Waals surface area contributed by atoms with Gasteiger partial charge in [-0.25, -0.2) is 0 Å². The van der Waals surface area contributed by atoms with Crippen molar-refractivity contribution in [2.24, 2.45) is 0 Å². The third kappa shape index (κ3) is 4.35. The summed E-state index contributed by atoms with van der Waals surface area (Å²) in [4.78, 5) is 16.8. The van der Waals surface area contributed by atoms with Crippen molar-refractivity contribution in [2.75, 3.05) is 32.7 Å². The van der Waals surface area contributed by atoms with Crippen molar-refractivity contribution >= 4 is 29.1 Å². The highest BCUT2D eigenvalue weighted by molar-refractivity contribution is 6.43. The first-order valence-electron chi connectivity index (χ1n) is 7.59. The van der Waals surface area contributed by atoms with E-state index in [9.17, 15) is 4.79 Å². The van der Waals surface area contributed by atoms with E-state index in [1.807, 2.05) is 4.90 Å². The Kier molecular flexibility index (Phi) is 6.34. The molecule has 3 nitrogen and oxygen atoms in total. The van der Waals surface area contributed by atoms with Crippen LogP contribution in [0.1, 0.15) is 36.5 Å². The fourth-order valence-electron chi connectivity index (χ4n) is 2.60. The van der Waals surface area contributed by atoms with Gasteiger partial charge in [-0.15, -0.1) is 0 Å². The molecule has 116 valence electrons. The number of carbonyl (C=O) groups is 1. The predicted molar refractivity (Wildman–Crippen MR) is 88.3 cm³/mol. The van der Waals surface area contributed by atoms with E-state index in [0.717, 1.165) is 32.7 Å². The third-order valence-electron chi connectivity index (χ3n) is 3.92. The smallest absolute Gasteiger partial charge is 0.255 e. The second kappa shape index (κ2) is 8.02. The topological polar surface area (TPSA) is 23.6 Å². The molecule has 0 saturated carbocycles. The van der Waals surface area contributed by atoms with Crippen LogP contribution in [0.25, 0.3) is 0 Å². The van der Waals surface area contributed by atoms with Crippen molar-refractivity contribution in [3.8, 4) is 0 Å². The van der Waals surface area contributed by atoms with E-state index in [-0.39, 0.29) is 5.91 Å². The second-order valence-corrected chi connectivity index (χ2v) is 6.23. The van der Waals surface area contributed by atoms with Gasteiger partial charge in [-0.3, -0.25) is 9.69 Å². The van der Waals surface area contributed by atoms with Gasteiger partial charge in [-0.2, -0.15) is 0 Å². The molecule has 5 heteroatoms. The van der Waals surface area contributed by atoms with E-state index in [1.54, 1.807) is 18.2 Å². The molecule has 0 aromatic heterocycles. The normalized spacial score (nSPS) is 16.2. The Labute approximate surface area is 136 Å². The predicted octanol–water partition coefficient (Wildman–Crippen LogP) is 3.94. The maximum absolute atomic E-state index is 12.5. The summed E-state index contributed by atoms with van der Waals surface area (Å²) in [5.74, 6) is -0.0179. The van der Waals surface area contributed by atoms with E-state index in [0.29, 0.717) is 15.6 Å². The lowest BCUT2D eigenvalue weighted by Gasteiger charge is -2.35. The van der Waals surface area contributed by atoms with Crippen LogP contribution >= 0.6 is 23.2 Å². The maximum atomic E-state index is 12.5. The fraction of sp³-hybridized carbons (Fsp3) is 0.562. The summed E-state index contributed by atoms with van der Waals surface area (Å²) in [7, 11) is 0. The highest BCUT2D eigenvalue weighted by atomic mass is 35.5. The summed E-state index contributed by atoms with van der Waals surface area (Å²) >= 11 is 12.1. The summed E-state index contributed by atoms with van der Waals surface area (Å²) in [6.45, 7) is 6.74. The van der Waals surface area contributed by atoms with Gasteiger partial charge >= 0.3 is 0 Å². The minimum absolute atomic E-state index is 0.0179. The number of hydrogen-bond donors (Lipinski definition) is 0. The standard InChI is InChI=1S/C16H22Cl2N2O/c1-2-3-4-8-19-9-11-20(12-10-19)16(21)13-6-5-7-14(17)15(13)18/h5-7H,2-4,8-12H2,1H3. The van der Waals surface area contributed by atoms with Crippen molar-refractivity contribution in [1.29, 1.82) is 0 Å². The summed E-state index contributed by atoms with van der Waals surface area (Å²) in [5.41, 5.74) is 0.503. The van der Waals surface area contributed by atoms with Crippen LogP contribution in [0, 0.1) is 0 Å². The number of amides is 1. The van der Waals surface area contributed by atoms with Crippen molar-refractivity contribution in [1.82, 2.24) is 9.80 Å². The second-order valence-electron chi connectivity index (χ2n) is 5.44. The Bertz CT molecular complexity index is 485. The number of rotatable bonds is 5. The zero-order valence-corrected chi connectivity index (χ0v) is 14.0. The number of benzene rings is 1. The molecule has 0 N–H and O–H groups in total. The summed E-state index contributed by atoms with van der Waals surface area (Å²) < 4.78 is 0. The van der Waals surface area contributed by atoms with Crippen LogP contribution in [0.3, 0.4) is 0 Å². The SMILES string of the molecule is CCCCCN1CCN(C(=O)c2cccc(Cl)c2Cl)CC1. The van der Waals surface area contributed by atoms with Crippen molar-refractivity contribution in [2.45, 2.75) is 26.2 Å². The molecule has 1 fully saturated rings. The summed E-state index contributed by atoms with van der Waals surface area (Å²) in [6.07, 6.45) is 3.76. The lowest BCUT2D eigenvalue weighted by atomic mass is 10.1. The van der Waals surface area contributed by atoms with E-state index in [2.05, 4.69) is 11.8 Å². The number of piperazine rings is 1. The number of carbonyl (C=O) groups excluding carboxylic acids is 1. The van der Waals surface area contributed by atoms with E-state index in [1.165, 1.54) is 19.3 Å². The first kappa shape index (κ1) is 16.6. The summed E-state index contributed by atoms with van der Waals surface area (Å²) in [6, 6.07) is 5.21. The van der Waals surface area contributed by atoms with Gasteiger partial charge in [0.15, 0.2) is 0 Å². The van der Waals surface area contributed by atoms with Crippen LogP contribution in [-0.4, -0.2) is 48.4 Å². The Morgan fingerprint density at radius 2 is 1.86 bits per heavy atom. The molecule has 0 bridgehead atoms. The van der Waals surface area contributed by atoms with Crippen LogP contribution in [0.2, 0.25) is 10.0 Å².